The lowest BCUT2D eigenvalue weighted by Crippen LogP contribution is -2.09. The van der Waals surface area contributed by atoms with E-state index in [-0.39, 0.29) is 17.3 Å². The monoisotopic (exact) mass is 487 g/mol. The number of rotatable bonds is 9. The maximum atomic E-state index is 12.5. The quantitative estimate of drug-likeness (QED) is 0.324. The molecule has 0 spiro atoms. The van der Waals surface area contributed by atoms with Gasteiger partial charge in [-0.25, -0.2) is 0 Å². The second kappa shape index (κ2) is 11.2. The number of carbonyl (C=O) groups is 2. The number of nitrogens with zero attached hydrogens (tertiary/aromatic N) is 3. The fourth-order valence-electron chi connectivity index (χ4n) is 3.72. The van der Waals surface area contributed by atoms with Gasteiger partial charge >= 0.3 is 5.91 Å². The Morgan fingerprint density at radius 1 is 0.833 bits per heavy atom. The van der Waals surface area contributed by atoms with Crippen molar-refractivity contribution in [2.45, 2.75) is 19.9 Å². The van der Waals surface area contributed by atoms with E-state index in [1.807, 2.05) is 37.3 Å². The number of aromatic nitrogens is 1. The van der Waals surface area contributed by atoms with Crippen molar-refractivity contribution >= 4 is 22.6 Å². The first kappa shape index (κ1) is 24.5. The molecule has 184 valence electrons. The highest BCUT2D eigenvalue weighted by atomic mass is 16.5. The Labute approximate surface area is 207 Å². The number of azo groups is 1. The zero-order chi connectivity index (χ0) is 25.5. The summed E-state index contributed by atoms with van der Waals surface area (Å²) >= 11 is 0. The van der Waals surface area contributed by atoms with E-state index in [1.54, 1.807) is 24.3 Å². The van der Waals surface area contributed by atoms with Crippen molar-refractivity contribution in [2.75, 3.05) is 13.2 Å². The normalized spacial score (nSPS) is 11.1. The van der Waals surface area contributed by atoms with Gasteiger partial charge < -0.3 is 19.7 Å². The Morgan fingerprint density at radius 3 is 2.22 bits per heavy atom. The Morgan fingerprint density at radius 2 is 1.50 bits per heavy atom. The Hall–Kier alpha value is -4.66. The fraction of sp³-hybridized carbons (Fsp3) is 0.185. The van der Waals surface area contributed by atoms with Crippen molar-refractivity contribution in [3.63, 3.8) is 0 Å². The van der Waals surface area contributed by atoms with Crippen LogP contribution in [-0.2, 0) is 17.8 Å². The van der Waals surface area contributed by atoms with Crippen LogP contribution in [0, 0.1) is 0 Å². The minimum atomic E-state index is -0.768. The first-order valence-corrected chi connectivity index (χ1v) is 11.4. The van der Waals surface area contributed by atoms with Gasteiger partial charge in [0.05, 0.1) is 6.61 Å². The number of para-hydroxylation sites is 2. The fourth-order valence-corrected chi connectivity index (χ4v) is 3.72. The van der Waals surface area contributed by atoms with Crippen LogP contribution in [-0.4, -0.2) is 39.8 Å². The summed E-state index contributed by atoms with van der Waals surface area (Å²) in [6, 6.07) is 20.9. The number of fused-ring (bicyclic) bond motifs is 1. The van der Waals surface area contributed by atoms with Gasteiger partial charge in [-0.2, -0.15) is 0 Å². The average molecular weight is 488 g/mol. The van der Waals surface area contributed by atoms with Gasteiger partial charge in [0.15, 0.2) is 18.1 Å². The predicted molar refractivity (Wildman–Crippen MR) is 133 cm³/mol. The number of aromatic hydroxyl groups is 2. The first-order valence-electron chi connectivity index (χ1n) is 11.4. The van der Waals surface area contributed by atoms with E-state index in [2.05, 4.69) is 10.2 Å². The smallest absolute Gasteiger partial charge is 0.302 e. The van der Waals surface area contributed by atoms with Crippen molar-refractivity contribution in [3.05, 3.63) is 83.9 Å². The number of hydrogen-bond acceptors (Lipinski definition) is 6. The largest absolute Gasteiger partial charge is 0.494 e. The minimum Gasteiger partial charge on any atom is -0.494 e. The molecule has 2 N–H and O–H groups in total. The summed E-state index contributed by atoms with van der Waals surface area (Å²) in [5.74, 6) is -0.903. The molecule has 9 nitrogen and oxygen atoms in total. The van der Waals surface area contributed by atoms with Crippen LogP contribution >= 0.6 is 0 Å². The maximum absolute atomic E-state index is 12.5. The van der Waals surface area contributed by atoms with Crippen molar-refractivity contribution in [1.82, 2.24) is 4.57 Å². The lowest BCUT2D eigenvalue weighted by atomic mass is 10.1. The van der Waals surface area contributed by atoms with Gasteiger partial charge in [0.25, 0.3) is 5.91 Å². The van der Waals surface area contributed by atoms with Crippen LogP contribution in [0.2, 0.25) is 0 Å². The molecule has 0 aliphatic rings. The third kappa shape index (κ3) is 5.52. The van der Waals surface area contributed by atoms with Crippen LogP contribution in [0.4, 0.5) is 0 Å². The second-order valence-corrected chi connectivity index (χ2v) is 7.86. The van der Waals surface area contributed by atoms with E-state index in [0.717, 1.165) is 5.56 Å². The number of hydrogen-bond donors (Lipinski definition) is 2. The van der Waals surface area contributed by atoms with E-state index in [1.165, 1.54) is 22.8 Å². The highest BCUT2D eigenvalue weighted by Crippen LogP contribution is 2.37. The molecule has 0 atom stereocenters. The van der Waals surface area contributed by atoms with E-state index >= 15 is 0 Å². The molecule has 0 fully saturated rings. The number of amides is 2. The van der Waals surface area contributed by atoms with Gasteiger partial charge in [0, 0.05) is 22.9 Å². The highest BCUT2D eigenvalue weighted by molar-refractivity contribution is 6.02. The van der Waals surface area contributed by atoms with E-state index in [9.17, 15) is 19.8 Å². The molecule has 4 rings (SSSR count). The molecule has 0 radical (unpaired) electrons. The number of ether oxygens (including phenoxy) is 2. The lowest BCUT2D eigenvalue weighted by Gasteiger charge is -2.09. The van der Waals surface area contributed by atoms with E-state index in [0.29, 0.717) is 41.8 Å². The molecule has 0 aliphatic carbocycles. The Balaban J connectivity index is 1.43. The summed E-state index contributed by atoms with van der Waals surface area (Å²) in [7, 11) is 0. The summed E-state index contributed by atoms with van der Waals surface area (Å²) in [6.45, 7) is 2.20. The van der Waals surface area contributed by atoms with E-state index in [4.69, 9.17) is 9.47 Å². The summed E-state index contributed by atoms with van der Waals surface area (Å²) in [5.41, 5.74) is 1.16. The van der Waals surface area contributed by atoms with Crippen LogP contribution in [0.15, 0.2) is 83.0 Å². The van der Waals surface area contributed by atoms with Gasteiger partial charge in [0.2, 0.25) is 11.8 Å². The van der Waals surface area contributed by atoms with Crippen LogP contribution < -0.4 is 9.47 Å². The summed E-state index contributed by atoms with van der Waals surface area (Å²) in [4.78, 5) is 24.6. The molecule has 36 heavy (non-hydrogen) atoms. The topological polar surface area (TPSA) is 123 Å². The highest BCUT2D eigenvalue weighted by Gasteiger charge is 2.18. The van der Waals surface area contributed by atoms with Crippen LogP contribution in [0.25, 0.3) is 10.8 Å². The van der Waals surface area contributed by atoms with Gasteiger partial charge in [-0.05, 0) is 49.2 Å². The molecule has 2 amide bonds. The summed E-state index contributed by atoms with van der Waals surface area (Å²) in [5, 5.41) is 28.8. The van der Waals surface area contributed by atoms with Crippen molar-refractivity contribution in [2.24, 2.45) is 10.2 Å². The second-order valence-electron chi connectivity index (χ2n) is 7.86. The molecule has 9 heteroatoms. The minimum absolute atomic E-state index is 0.0984. The molecule has 0 saturated carbocycles. The van der Waals surface area contributed by atoms with Crippen LogP contribution in [0.1, 0.15) is 22.8 Å². The first-order chi connectivity index (χ1) is 17.5. The van der Waals surface area contributed by atoms with Crippen molar-refractivity contribution < 1.29 is 29.3 Å². The molecule has 1 heterocycles. The van der Waals surface area contributed by atoms with Gasteiger partial charge in [-0.1, -0.05) is 42.5 Å². The molecule has 0 saturated heterocycles. The molecule has 0 aliphatic heterocycles. The molecule has 0 unspecified atom stereocenters. The number of benzene rings is 3. The number of carbonyl (C=O) groups excluding carboxylic acids is 2. The predicted octanol–water partition coefficient (Wildman–Crippen LogP) is 4.89. The average Bonchev–Trinajstić information content (AvgIpc) is 3.14. The SMILES string of the molecule is CCOc1ccccc1OCC(=O)N=NC(=O)c1ccc2c(O)n(CCc3ccccc3)c(O)c2c1. The third-order valence-corrected chi connectivity index (χ3v) is 5.48. The number of aryl methyl sites for hydroxylation is 1. The van der Waals surface area contributed by atoms with Crippen molar-refractivity contribution in [1.29, 1.82) is 0 Å². The van der Waals surface area contributed by atoms with Gasteiger partial charge in [0.1, 0.15) is 0 Å². The zero-order valence-corrected chi connectivity index (χ0v) is 19.6. The van der Waals surface area contributed by atoms with Gasteiger partial charge in [-0.15, -0.1) is 10.2 Å². The lowest BCUT2D eigenvalue weighted by molar-refractivity contribution is -0.120. The molecular formula is C27H25N3O6. The Kier molecular flexibility index (Phi) is 7.60. The standard InChI is InChI=1S/C27H25N3O6/c1-2-35-22-10-6-7-11-23(22)36-17-24(31)28-29-25(32)19-12-13-20-21(16-19)27(34)30(26(20)33)15-14-18-8-4-3-5-9-18/h3-13,16,33-34H,2,14-15,17H2,1H3. The maximum Gasteiger partial charge on any atom is 0.302 e. The van der Waals surface area contributed by atoms with Gasteiger partial charge in [-0.3, -0.25) is 14.2 Å². The molecule has 4 aromatic rings. The van der Waals surface area contributed by atoms with Crippen LogP contribution in [0.3, 0.4) is 0 Å². The van der Waals surface area contributed by atoms with Crippen molar-refractivity contribution in [3.8, 4) is 23.3 Å². The zero-order valence-electron chi connectivity index (χ0n) is 19.6. The summed E-state index contributed by atoms with van der Waals surface area (Å²) < 4.78 is 12.2. The van der Waals surface area contributed by atoms with Crippen LogP contribution in [0.5, 0.6) is 23.3 Å². The summed E-state index contributed by atoms with van der Waals surface area (Å²) in [6.07, 6.45) is 0.599. The Bertz CT molecular complexity index is 1410. The molecule has 1 aromatic heterocycles. The van der Waals surface area contributed by atoms with E-state index < -0.39 is 18.4 Å². The molecular weight excluding hydrogens is 462 g/mol. The molecule has 3 aromatic carbocycles. The molecule has 0 bridgehead atoms. The third-order valence-electron chi connectivity index (χ3n) is 5.48.